The molecule has 2 heterocycles. The predicted octanol–water partition coefficient (Wildman–Crippen LogP) is 5.58. The van der Waals surface area contributed by atoms with Crippen LogP contribution < -0.4 is 9.64 Å². The monoisotopic (exact) mass is 470 g/mol. The maximum absolute atomic E-state index is 13.4. The number of hydrogen-bond acceptors (Lipinski definition) is 5. The zero-order chi connectivity index (χ0) is 25.3. The largest absolute Gasteiger partial charge is 0.507 e. The number of rotatable bonds is 5. The Hall–Kier alpha value is -3.93. The Bertz CT molecular complexity index is 1290. The number of aryl methyl sites for hydroxylation is 1. The quantitative estimate of drug-likeness (QED) is 0.299. The molecular weight excluding hydrogens is 440 g/mol. The van der Waals surface area contributed by atoms with Crippen molar-refractivity contribution in [2.45, 2.75) is 45.6 Å². The molecule has 0 saturated carbocycles. The van der Waals surface area contributed by atoms with Gasteiger partial charge in [-0.15, -0.1) is 0 Å². The average molecular weight is 471 g/mol. The molecule has 2 aromatic carbocycles. The molecule has 0 aliphatic carbocycles. The molecule has 0 radical (unpaired) electrons. The number of amides is 1. The normalized spacial score (nSPS) is 17.6. The van der Waals surface area contributed by atoms with Crippen LogP contribution in [0.4, 0.5) is 5.69 Å². The molecule has 0 spiro atoms. The van der Waals surface area contributed by atoms with Crippen molar-refractivity contribution in [1.29, 1.82) is 0 Å². The van der Waals surface area contributed by atoms with E-state index in [4.69, 9.17) is 4.74 Å². The Morgan fingerprint density at radius 3 is 2.37 bits per heavy atom. The lowest BCUT2D eigenvalue weighted by Gasteiger charge is -2.26. The molecule has 1 N–H and O–H groups in total. The predicted molar refractivity (Wildman–Crippen MR) is 137 cm³/mol. The van der Waals surface area contributed by atoms with Crippen molar-refractivity contribution in [3.63, 3.8) is 0 Å². The third kappa shape index (κ3) is 4.44. The number of benzene rings is 2. The van der Waals surface area contributed by atoms with Gasteiger partial charge in [0.2, 0.25) is 0 Å². The fourth-order valence-electron chi connectivity index (χ4n) is 4.44. The number of Topliss-reactive ketones (excluding diaryl/α,β-unsaturated/α-hetero) is 1. The third-order valence-corrected chi connectivity index (χ3v) is 6.35. The molecule has 35 heavy (non-hydrogen) atoms. The minimum Gasteiger partial charge on any atom is -0.507 e. The summed E-state index contributed by atoms with van der Waals surface area (Å²) in [6.07, 6.45) is 4.11. The number of aliphatic hydroxyl groups excluding tert-OH is 1. The molecule has 1 amide bonds. The van der Waals surface area contributed by atoms with E-state index in [2.05, 4.69) is 11.9 Å². The summed E-state index contributed by atoms with van der Waals surface area (Å²) in [5.41, 5.74) is 3.44. The van der Waals surface area contributed by atoms with Crippen molar-refractivity contribution in [3.05, 3.63) is 94.8 Å². The summed E-state index contributed by atoms with van der Waals surface area (Å²) in [4.78, 5) is 32.3. The topological polar surface area (TPSA) is 79.7 Å². The summed E-state index contributed by atoms with van der Waals surface area (Å²) >= 11 is 0. The van der Waals surface area contributed by atoms with Crippen LogP contribution in [0.3, 0.4) is 0 Å². The molecule has 6 heteroatoms. The van der Waals surface area contributed by atoms with Crippen molar-refractivity contribution in [2.75, 3.05) is 12.0 Å². The van der Waals surface area contributed by atoms with E-state index in [9.17, 15) is 14.7 Å². The first kappa shape index (κ1) is 24.2. The van der Waals surface area contributed by atoms with Crippen LogP contribution in [0.25, 0.3) is 5.76 Å². The van der Waals surface area contributed by atoms with Gasteiger partial charge in [0.1, 0.15) is 11.5 Å². The third-order valence-electron chi connectivity index (χ3n) is 6.35. The van der Waals surface area contributed by atoms with Gasteiger partial charge >= 0.3 is 0 Å². The van der Waals surface area contributed by atoms with Crippen LogP contribution >= 0.6 is 0 Å². The number of anilines is 1. The Morgan fingerprint density at radius 1 is 1.09 bits per heavy atom. The summed E-state index contributed by atoms with van der Waals surface area (Å²) in [5.74, 6) is -0.953. The lowest BCUT2D eigenvalue weighted by Crippen LogP contribution is -2.29. The second kappa shape index (κ2) is 9.37. The van der Waals surface area contributed by atoms with Crippen LogP contribution in [0, 0.1) is 0 Å². The minimum absolute atomic E-state index is 0.0348. The van der Waals surface area contributed by atoms with Gasteiger partial charge in [0.15, 0.2) is 0 Å². The van der Waals surface area contributed by atoms with E-state index in [1.807, 2.05) is 51.1 Å². The molecule has 1 saturated heterocycles. The number of ketones is 1. The molecular formula is C29H30N2O4. The first-order valence-corrected chi connectivity index (χ1v) is 11.7. The standard InChI is InChI=1S/C29H30N2O4/c1-6-18-9-12-21(13-10-18)31-25(20-8-7-15-30-17-20)24(27(33)28(31)34)26(32)19-11-14-23(35-5)22(16-19)29(2,3)4/h7-17,25,32H,6H2,1-5H3/b26-24-. The molecule has 6 nitrogen and oxygen atoms in total. The molecule has 0 bridgehead atoms. The fourth-order valence-corrected chi connectivity index (χ4v) is 4.44. The molecule has 1 unspecified atom stereocenters. The number of aliphatic hydroxyl groups is 1. The summed E-state index contributed by atoms with van der Waals surface area (Å²) in [5, 5.41) is 11.5. The highest BCUT2D eigenvalue weighted by molar-refractivity contribution is 6.51. The van der Waals surface area contributed by atoms with Crippen LogP contribution in [0.15, 0.2) is 72.6 Å². The number of ether oxygens (including phenoxy) is 1. The van der Waals surface area contributed by atoms with Gasteiger partial charge in [-0.05, 0) is 59.4 Å². The summed E-state index contributed by atoms with van der Waals surface area (Å²) in [6, 6.07) is 15.6. The Kier molecular flexibility index (Phi) is 6.48. The zero-order valence-electron chi connectivity index (χ0n) is 20.7. The summed E-state index contributed by atoms with van der Waals surface area (Å²) in [7, 11) is 1.60. The van der Waals surface area contributed by atoms with Gasteiger partial charge in [0.25, 0.3) is 11.7 Å². The molecule has 4 rings (SSSR count). The number of aromatic nitrogens is 1. The number of carbonyl (C=O) groups is 2. The summed E-state index contributed by atoms with van der Waals surface area (Å²) in [6.45, 7) is 8.19. The first-order chi connectivity index (χ1) is 16.7. The minimum atomic E-state index is -0.809. The van der Waals surface area contributed by atoms with Crippen LogP contribution in [-0.2, 0) is 21.4 Å². The maximum Gasteiger partial charge on any atom is 0.300 e. The number of hydrogen-bond donors (Lipinski definition) is 1. The lowest BCUT2D eigenvalue weighted by molar-refractivity contribution is -0.132. The lowest BCUT2D eigenvalue weighted by atomic mass is 9.84. The van der Waals surface area contributed by atoms with E-state index in [1.54, 1.807) is 43.8 Å². The van der Waals surface area contributed by atoms with Crippen molar-refractivity contribution >= 4 is 23.1 Å². The summed E-state index contributed by atoms with van der Waals surface area (Å²) < 4.78 is 5.52. The van der Waals surface area contributed by atoms with E-state index < -0.39 is 17.7 Å². The SMILES string of the molecule is CCc1ccc(N2C(=O)C(=O)/C(=C(\O)c3ccc(OC)c(C(C)(C)C)c3)C2c2cccnc2)cc1. The Balaban J connectivity index is 1.92. The molecule has 3 aromatic rings. The average Bonchev–Trinajstić information content (AvgIpc) is 3.13. The van der Waals surface area contributed by atoms with Crippen LogP contribution in [0.1, 0.15) is 56.0 Å². The Labute approximate surface area is 205 Å². The van der Waals surface area contributed by atoms with Gasteiger partial charge in [0.05, 0.1) is 18.7 Å². The molecule has 1 aliphatic heterocycles. The van der Waals surface area contributed by atoms with E-state index in [0.717, 1.165) is 17.5 Å². The van der Waals surface area contributed by atoms with E-state index in [1.165, 1.54) is 4.90 Å². The molecule has 1 fully saturated rings. The number of pyridine rings is 1. The van der Waals surface area contributed by atoms with Gasteiger partial charge in [-0.3, -0.25) is 19.5 Å². The van der Waals surface area contributed by atoms with Gasteiger partial charge < -0.3 is 9.84 Å². The molecule has 1 aromatic heterocycles. The maximum atomic E-state index is 13.4. The van der Waals surface area contributed by atoms with E-state index in [0.29, 0.717) is 22.6 Å². The van der Waals surface area contributed by atoms with Gasteiger partial charge in [-0.25, -0.2) is 0 Å². The Morgan fingerprint density at radius 2 is 1.80 bits per heavy atom. The fraction of sp³-hybridized carbons (Fsp3) is 0.276. The molecule has 1 atom stereocenters. The van der Waals surface area contributed by atoms with Crippen LogP contribution in [0.2, 0.25) is 0 Å². The van der Waals surface area contributed by atoms with E-state index in [-0.39, 0.29) is 16.7 Å². The van der Waals surface area contributed by atoms with E-state index >= 15 is 0 Å². The number of nitrogens with zero attached hydrogens (tertiary/aromatic N) is 2. The van der Waals surface area contributed by atoms with Gasteiger partial charge in [-0.1, -0.05) is 45.9 Å². The second-order valence-electron chi connectivity index (χ2n) is 9.64. The van der Waals surface area contributed by atoms with Crippen molar-refractivity contribution in [2.24, 2.45) is 0 Å². The van der Waals surface area contributed by atoms with Crippen molar-refractivity contribution in [3.8, 4) is 5.75 Å². The zero-order valence-corrected chi connectivity index (χ0v) is 20.7. The molecule has 180 valence electrons. The smallest absolute Gasteiger partial charge is 0.300 e. The van der Waals surface area contributed by atoms with Crippen molar-refractivity contribution < 1.29 is 19.4 Å². The van der Waals surface area contributed by atoms with Crippen LogP contribution in [0.5, 0.6) is 5.75 Å². The molecule has 1 aliphatic rings. The van der Waals surface area contributed by atoms with Gasteiger partial charge in [-0.2, -0.15) is 0 Å². The first-order valence-electron chi connectivity index (χ1n) is 11.7. The van der Waals surface area contributed by atoms with Crippen LogP contribution in [-0.4, -0.2) is 28.9 Å². The second-order valence-corrected chi connectivity index (χ2v) is 9.64. The number of methoxy groups -OCH3 is 1. The number of carbonyl (C=O) groups excluding carboxylic acids is 2. The highest BCUT2D eigenvalue weighted by Crippen LogP contribution is 2.43. The van der Waals surface area contributed by atoms with Crippen molar-refractivity contribution in [1.82, 2.24) is 4.98 Å². The highest BCUT2D eigenvalue weighted by Gasteiger charge is 2.47. The van der Waals surface area contributed by atoms with Gasteiger partial charge in [0, 0.05) is 29.2 Å². The highest BCUT2D eigenvalue weighted by atomic mass is 16.5.